The van der Waals surface area contributed by atoms with Gasteiger partial charge in [0.15, 0.2) is 6.04 Å². The standard InChI is InChI=1S/C13H16ClN3O2S/c1-11(10-15)16-5-7-17(8-6-16)20(18,19)13-4-2-3-12(14)9-13/h2-4,9,11H,5-8H2,1H3/p+1/t11-/m0/s1. The van der Waals surface area contributed by atoms with Gasteiger partial charge in [-0.3, -0.25) is 0 Å². The fraction of sp³-hybridized carbons (Fsp3) is 0.462. The number of piperazine rings is 1. The van der Waals surface area contributed by atoms with Crippen molar-refractivity contribution in [1.82, 2.24) is 4.31 Å². The fourth-order valence-electron chi connectivity index (χ4n) is 2.31. The molecule has 1 saturated heterocycles. The molecule has 0 aromatic heterocycles. The van der Waals surface area contributed by atoms with Crippen molar-refractivity contribution in [2.45, 2.75) is 17.9 Å². The van der Waals surface area contributed by atoms with Crippen LogP contribution in [0.1, 0.15) is 6.92 Å². The number of nitrogens with zero attached hydrogens (tertiary/aromatic N) is 2. The molecule has 1 aliphatic rings. The number of hydrogen-bond donors (Lipinski definition) is 1. The number of hydrogen-bond acceptors (Lipinski definition) is 3. The highest BCUT2D eigenvalue weighted by Gasteiger charge is 2.32. The Hall–Kier alpha value is -1.13. The first kappa shape index (κ1) is 15.3. The largest absolute Gasteiger partial charge is 0.319 e. The number of quaternary nitrogens is 1. The number of sulfonamides is 1. The molecular weight excluding hydrogens is 298 g/mol. The lowest BCUT2D eigenvalue weighted by atomic mass is 10.2. The average molecular weight is 315 g/mol. The molecular formula is C13H17ClN3O2S+. The highest BCUT2D eigenvalue weighted by molar-refractivity contribution is 7.89. The van der Waals surface area contributed by atoms with Gasteiger partial charge in [0.25, 0.3) is 0 Å². The van der Waals surface area contributed by atoms with E-state index in [4.69, 9.17) is 16.9 Å². The zero-order valence-corrected chi connectivity index (χ0v) is 12.8. The maximum Gasteiger partial charge on any atom is 0.243 e. The Morgan fingerprint density at radius 2 is 2.05 bits per heavy atom. The van der Waals surface area contributed by atoms with Crippen molar-refractivity contribution in [1.29, 1.82) is 5.26 Å². The zero-order valence-electron chi connectivity index (χ0n) is 11.2. The molecule has 0 unspecified atom stereocenters. The van der Waals surface area contributed by atoms with Gasteiger partial charge in [0, 0.05) is 11.9 Å². The third kappa shape index (κ3) is 3.13. The second-order valence-corrected chi connectivity index (χ2v) is 7.24. The normalized spacial score (nSPS) is 19.4. The SMILES string of the molecule is C[C@@H](C#N)[NH+]1CCN(S(=O)(=O)c2cccc(Cl)c2)CC1. The van der Waals surface area contributed by atoms with Crippen molar-refractivity contribution < 1.29 is 13.3 Å². The predicted molar refractivity (Wildman–Crippen MR) is 76.0 cm³/mol. The zero-order chi connectivity index (χ0) is 14.8. The minimum Gasteiger partial charge on any atom is -0.319 e. The Bertz CT molecular complexity index is 619. The highest BCUT2D eigenvalue weighted by atomic mass is 35.5. The van der Waals surface area contributed by atoms with E-state index in [1.54, 1.807) is 18.2 Å². The topological polar surface area (TPSA) is 65.6 Å². The van der Waals surface area contributed by atoms with Crippen LogP contribution in [0.25, 0.3) is 0 Å². The summed E-state index contributed by atoms with van der Waals surface area (Å²) in [5.74, 6) is 0. The summed E-state index contributed by atoms with van der Waals surface area (Å²) in [5.41, 5.74) is 0. The molecule has 1 aliphatic heterocycles. The Kier molecular flexibility index (Phi) is 4.66. The van der Waals surface area contributed by atoms with Crippen LogP contribution < -0.4 is 4.90 Å². The third-order valence-electron chi connectivity index (χ3n) is 3.60. The van der Waals surface area contributed by atoms with Gasteiger partial charge in [-0.05, 0) is 18.2 Å². The summed E-state index contributed by atoms with van der Waals surface area (Å²) < 4.78 is 26.4. The van der Waals surface area contributed by atoms with Gasteiger partial charge in [0.2, 0.25) is 10.0 Å². The molecule has 108 valence electrons. The van der Waals surface area contributed by atoms with Gasteiger partial charge in [-0.15, -0.1) is 0 Å². The molecule has 1 atom stereocenters. The molecule has 1 fully saturated rings. The minimum atomic E-state index is -3.49. The second-order valence-electron chi connectivity index (χ2n) is 4.87. The van der Waals surface area contributed by atoms with Crippen molar-refractivity contribution >= 4 is 21.6 Å². The Morgan fingerprint density at radius 3 is 2.60 bits per heavy atom. The predicted octanol–water partition coefficient (Wildman–Crippen LogP) is 0.141. The van der Waals surface area contributed by atoms with Crippen LogP contribution in [0.4, 0.5) is 0 Å². The van der Waals surface area contributed by atoms with Gasteiger partial charge >= 0.3 is 0 Å². The first-order valence-corrected chi connectivity index (χ1v) is 8.27. The second kappa shape index (κ2) is 6.10. The molecule has 5 nitrogen and oxygen atoms in total. The molecule has 7 heteroatoms. The van der Waals surface area contributed by atoms with E-state index in [1.807, 2.05) is 6.92 Å². The summed E-state index contributed by atoms with van der Waals surface area (Å²) in [5, 5.41) is 9.31. The summed E-state index contributed by atoms with van der Waals surface area (Å²) >= 11 is 5.85. The Morgan fingerprint density at radius 1 is 1.40 bits per heavy atom. The van der Waals surface area contributed by atoms with Crippen molar-refractivity contribution in [3.05, 3.63) is 29.3 Å². The molecule has 0 saturated carbocycles. The molecule has 0 amide bonds. The van der Waals surface area contributed by atoms with Gasteiger partial charge in [0.05, 0.1) is 31.1 Å². The lowest BCUT2D eigenvalue weighted by Gasteiger charge is -2.32. The summed E-state index contributed by atoms with van der Waals surface area (Å²) in [6.45, 7) is 4.01. The third-order valence-corrected chi connectivity index (χ3v) is 5.73. The van der Waals surface area contributed by atoms with E-state index < -0.39 is 10.0 Å². The van der Waals surface area contributed by atoms with Crippen LogP contribution in [0.15, 0.2) is 29.2 Å². The van der Waals surface area contributed by atoms with Crippen LogP contribution in [0.5, 0.6) is 0 Å². The van der Waals surface area contributed by atoms with E-state index in [-0.39, 0.29) is 10.9 Å². The van der Waals surface area contributed by atoms with E-state index in [1.165, 1.54) is 10.4 Å². The number of nitrogens with one attached hydrogen (secondary N) is 1. The van der Waals surface area contributed by atoms with E-state index in [2.05, 4.69) is 6.07 Å². The minimum absolute atomic E-state index is 0.106. The molecule has 0 bridgehead atoms. The molecule has 0 radical (unpaired) electrons. The van der Waals surface area contributed by atoms with Crippen LogP contribution in [-0.4, -0.2) is 44.9 Å². The first-order chi connectivity index (χ1) is 9.45. The first-order valence-electron chi connectivity index (χ1n) is 6.45. The van der Waals surface area contributed by atoms with Gasteiger partial charge in [-0.1, -0.05) is 17.7 Å². The molecule has 1 heterocycles. The van der Waals surface area contributed by atoms with Crippen LogP contribution >= 0.6 is 11.6 Å². The number of rotatable bonds is 3. The summed E-state index contributed by atoms with van der Waals surface area (Å²) in [4.78, 5) is 1.35. The number of halogens is 1. The van der Waals surface area contributed by atoms with E-state index in [9.17, 15) is 8.42 Å². The fourth-order valence-corrected chi connectivity index (χ4v) is 4.06. The van der Waals surface area contributed by atoms with Crippen LogP contribution in [0, 0.1) is 11.3 Å². The van der Waals surface area contributed by atoms with E-state index >= 15 is 0 Å². The Labute approximate surface area is 124 Å². The summed E-state index contributed by atoms with van der Waals surface area (Å²) in [6.07, 6.45) is 0. The molecule has 1 aromatic rings. The van der Waals surface area contributed by atoms with E-state index in [0.717, 1.165) is 4.90 Å². The van der Waals surface area contributed by atoms with Crippen LogP contribution in [-0.2, 0) is 10.0 Å². The molecule has 1 aromatic carbocycles. The highest BCUT2D eigenvalue weighted by Crippen LogP contribution is 2.19. The van der Waals surface area contributed by atoms with Gasteiger partial charge < -0.3 is 4.90 Å². The monoisotopic (exact) mass is 314 g/mol. The van der Waals surface area contributed by atoms with Crippen molar-refractivity contribution in [3.63, 3.8) is 0 Å². The van der Waals surface area contributed by atoms with Gasteiger partial charge in [0.1, 0.15) is 6.07 Å². The maximum atomic E-state index is 12.5. The van der Waals surface area contributed by atoms with Crippen LogP contribution in [0.3, 0.4) is 0 Å². The Balaban J connectivity index is 2.12. The number of nitriles is 1. The molecule has 0 aliphatic carbocycles. The molecule has 1 N–H and O–H groups in total. The molecule has 2 rings (SSSR count). The van der Waals surface area contributed by atoms with Crippen molar-refractivity contribution in [2.24, 2.45) is 0 Å². The smallest absolute Gasteiger partial charge is 0.243 e. The number of benzene rings is 1. The summed E-state index contributed by atoms with van der Waals surface area (Å²) in [6, 6.07) is 8.40. The van der Waals surface area contributed by atoms with Crippen molar-refractivity contribution in [2.75, 3.05) is 26.2 Å². The van der Waals surface area contributed by atoms with Crippen LogP contribution in [0.2, 0.25) is 5.02 Å². The van der Waals surface area contributed by atoms with Crippen molar-refractivity contribution in [3.8, 4) is 6.07 Å². The lowest BCUT2D eigenvalue weighted by Crippen LogP contribution is -3.17. The molecule has 20 heavy (non-hydrogen) atoms. The summed E-state index contributed by atoms with van der Waals surface area (Å²) in [7, 11) is -3.49. The lowest BCUT2D eigenvalue weighted by molar-refractivity contribution is -0.918. The molecule has 0 spiro atoms. The van der Waals surface area contributed by atoms with E-state index in [0.29, 0.717) is 31.2 Å². The maximum absolute atomic E-state index is 12.5. The van der Waals surface area contributed by atoms with Gasteiger partial charge in [-0.25, -0.2) is 8.42 Å². The quantitative estimate of drug-likeness (QED) is 0.863. The average Bonchev–Trinajstić information content (AvgIpc) is 2.46. The van der Waals surface area contributed by atoms with Gasteiger partial charge in [-0.2, -0.15) is 9.57 Å².